The van der Waals surface area contributed by atoms with Crippen molar-refractivity contribution in [1.29, 1.82) is 0 Å². The molecule has 2 atom stereocenters. The normalized spacial score (nSPS) is 34.1. The number of nitrogens with two attached hydrogens (primary N) is 1. The zero-order valence-corrected chi connectivity index (χ0v) is 12.5. The molecule has 2 rings (SSSR count). The molecule has 1 aliphatic carbocycles. The highest BCUT2D eigenvalue weighted by atomic mass is 16.5. The van der Waals surface area contributed by atoms with E-state index in [9.17, 15) is 4.79 Å². The molecule has 0 aromatic carbocycles. The Bertz CT molecular complexity index is 303. The van der Waals surface area contributed by atoms with Gasteiger partial charge in [-0.1, -0.05) is 0 Å². The second-order valence-corrected chi connectivity index (χ2v) is 6.06. The van der Waals surface area contributed by atoms with E-state index in [4.69, 9.17) is 15.2 Å². The topological polar surface area (TPSA) is 73.6 Å². The highest BCUT2D eigenvalue weighted by Gasteiger charge is 2.27. The first-order chi connectivity index (χ1) is 9.65. The number of hydrogen-bond acceptors (Lipinski definition) is 4. The number of carbonyl (C=O) groups excluding carboxylic acids is 1. The first-order valence-corrected chi connectivity index (χ1v) is 7.95. The Hall–Kier alpha value is -0.650. The fraction of sp³-hybridized carbons (Fsp3) is 0.933. The van der Waals surface area contributed by atoms with E-state index in [1.165, 1.54) is 0 Å². The highest BCUT2D eigenvalue weighted by molar-refractivity contribution is 5.80. The molecule has 0 aromatic heterocycles. The third kappa shape index (κ3) is 5.04. The average Bonchev–Trinajstić information content (AvgIpc) is 2.87. The van der Waals surface area contributed by atoms with Crippen molar-refractivity contribution >= 4 is 5.91 Å². The quantitative estimate of drug-likeness (QED) is 0.722. The Balaban J connectivity index is 1.48. The SMILES string of the molecule is CC1CCC(C(=O)NCCCOC2CCC(N)CC2)O1. The molecule has 20 heavy (non-hydrogen) atoms. The fourth-order valence-electron chi connectivity index (χ4n) is 2.90. The lowest BCUT2D eigenvalue weighted by Gasteiger charge is -2.26. The van der Waals surface area contributed by atoms with Crippen LogP contribution in [0.4, 0.5) is 0 Å². The smallest absolute Gasteiger partial charge is 0.249 e. The molecule has 1 heterocycles. The molecule has 1 amide bonds. The van der Waals surface area contributed by atoms with Gasteiger partial charge in [-0.25, -0.2) is 0 Å². The van der Waals surface area contributed by atoms with Crippen molar-refractivity contribution < 1.29 is 14.3 Å². The maximum Gasteiger partial charge on any atom is 0.249 e. The molecular formula is C15H28N2O3. The van der Waals surface area contributed by atoms with E-state index in [-0.39, 0.29) is 18.1 Å². The number of ether oxygens (including phenoxy) is 2. The average molecular weight is 284 g/mol. The van der Waals surface area contributed by atoms with Crippen molar-refractivity contribution in [3.05, 3.63) is 0 Å². The second-order valence-electron chi connectivity index (χ2n) is 6.06. The van der Waals surface area contributed by atoms with Gasteiger partial charge in [0.05, 0.1) is 12.2 Å². The summed E-state index contributed by atoms with van der Waals surface area (Å²) in [6.45, 7) is 3.39. The van der Waals surface area contributed by atoms with Crippen molar-refractivity contribution in [2.24, 2.45) is 5.73 Å². The largest absolute Gasteiger partial charge is 0.378 e. The second kappa shape index (κ2) is 7.96. The molecule has 2 aliphatic rings. The Kier molecular flexibility index (Phi) is 6.26. The number of amides is 1. The maximum atomic E-state index is 11.8. The Morgan fingerprint density at radius 3 is 2.65 bits per heavy atom. The predicted molar refractivity (Wildman–Crippen MR) is 77.4 cm³/mol. The molecule has 1 aliphatic heterocycles. The summed E-state index contributed by atoms with van der Waals surface area (Å²) in [5.41, 5.74) is 5.86. The standard InChI is InChI=1S/C15H28N2O3/c1-11-3-8-14(20-11)15(18)17-9-2-10-19-13-6-4-12(16)5-7-13/h11-14H,2-10,16H2,1H3,(H,17,18). The number of nitrogens with one attached hydrogen (secondary N) is 1. The van der Waals surface area contributed by atoms with Gasteiger partial charge in [-0.2, -0.15) is 0 Å². The van der Waals surface area contributed by atoms with Crippen LogP contribution in [-0.4, -0.2) is 43.4 Å². The van der Waals surface area contributed by atoms with Gasteiger partial charge in [0.25, 0.3) is 0 Å². The summed E-state index contributed by atoms with van der Waals surface area (Å²) in [5.74, 6) is 0.0259. The van der Waals surface area contributed by atoms with Crippen LogP contribution in [0, 0.1) is 0 Å². The van der Waals surface area contributed by atoms with Crippen LogP contribution in [0.5, 0.6) is 0 Å². The summed E-state index contributed by atoms with van der Waals surface area (Å²) in [4.78, 5) is 11.8. The van der Waals surface area contributed by atoms with Gasteiger partial charge in [-0.05, 0) is 51.9 Å². The van der Waals surface area contributed by atoms with Crippen LogP contribution >= 0.6 is 0 Å². The van der Waals surface area contributed by atoms with Crippen LogP contribution in [0.15, 0.2) is 0 Å². The summed E-state index contributed by atoms with van der Waals surface area (Å²) in [7, 11) is 0. The molecule has 116 valence electrons. The maximum absolute atomic E-state index is 11.8. The first kappa shape index (κ1) is 15.7. The summed E-state index contributed by atoms with van der Waals surface area (Å²) in [5, 5.41) is 2.93. The molecule has 1 saturated carbocycles. The number of rotatable bonds is 6. The van der Waals surface area contributed by atoms with Crippen LogP contribution in [-0.2, 0) is 14.3 Å². The molecule has 2 fully saturated rings. The minimum Gasteiger partial charge on any atom is -0.378 e. The minimum atomic E-state index is -0.245. The first-order valence-electron chi connectivity index (χ1n) is 7.95. The summed E-state index contributed by atoms with van der Waals surface area (Å²) in [6.07, 6.45) is 7.29. The third-order valence-corrected chi connectivity index (χ3v) is 4.22. The molecule has 0 aromatic rings. The molecule has 5 heteroatoms. The Morgan fingerprint density at radius 2 is 2.00 bits per heavy atom. The zero-order valence-electron chi connectivity index (χ0n) is 12.5. The highest BCUT2D eigenvalue weighted by Crippen LogP contribution is 2.20. The van der Waals surface area contributed by atoms with E-state index in [0.717, 1.165) is 44.9 Å². The van der Waals surface area contributed by atoms with Crippen LogP contribution in [0.2, 0.25) is 0 Å². The van der Waals surface area contributed by atoms with E-state index in [1.54, 1.807) is 0 Å². The van der Waals surface area contributed by atoms with Crippen molar-refractivity contribution in [1.82, 2.24) is 5.32 Å². The summed E-state index contributed by atoms with van der Waals surface area (Å²) in [6, 6.07) is 0.364. The molecule has 0 radical (unpaired) electrons. The van der Waals surface area contributed by atoms with Gasteiger partial charge in [0.2, 0.25) is 5.91 Å². The number of carbonyl (C=O) groups is 1. The Morgan fingerprint density at radius 1 is 1.25 bits per heavy atom. The lowest BCUT2D eigenvalue weighted by Crippen LogP contribution is -2.35. The van der Waals surface area contributed by atoms with Crippen LogP contribution in [0.25, 0.3) is 0 Å². The van der Waals surface area contributed by atoms with E-state index in [0.29, 0.717) is 25.3 Å². The van der Waals surface area contributed by atoms with Crippen molar-refractivity contribution in [3.63, 3.8) is 0 Å². The van der Waals surface area contributed by atoms with Gasteiger partial charge in [-0.15, -0.1) is 0 Å². The molecule has 5 nitrogen and oxygen atoms in total. The third-order valence-electron chi connectivity index (χ3n) is 4.22. The molecule has 0 spiro atoms. The molecule has 0 bridgehead atoms. The minimum absolute atomic E-state index is 0.0259. The van der Waals surface area contributed by atoms with Crippen LogP contribution in [0.1, 0.15) is 51.9 Å². The summed E-state index contributed by atoms with van der Waals surface area (Å²) < 4.78 is 11.3. The monoisotopic (exact) mass is 284 g/mol. The zero-order chi connectivity index (χ0) is 14.4. The lowest BCUT2D eigenvalue weighted by molar-refractivity contribution is -0.131. The van der Waals surface area contributed by atoms with Crippen LogP contribution < -0.4 is 11.1 Å². The molecule has 2 unspecified atom stereocenters. The fourth-order valence-corrected chi connectivity index (χ4v) is 2.90. The van der Waals surface area contributed by atoms with Gasteiger partial charge in [0.1, 0.15) is 6.10 Å². The van der Waals surface area contributed by atoms with Crippen molar-refractivity contribution in [2.45, 2.75) is 76.2 Å². The van der Waals surface area contributed by atoms with Gasteiger partial charge in [0.15, 0.2) is 0 Å². The molecule has 1 saturated heterocycles. The van der Waals surface area contributed by atoms with Gasteiger partial charge in [-0.3, -0.25) is 4.79 Å². The van der Waals surface area contributed by atoms with Crippen molar-refractivity contribution in [3.8, 4) is 0 Å². The van der Waals surface area contributed by atoms with Gasteiger partial charge >= 0.3 is 0 Å². The Labute approximate surface area is 121 Å². The summed E-state index contributed by atoms with van der Waals surface area (Å²) >= 11 is 0. The van der Waals surface area contributed by atoms with Crippen molar-refractivity contribution in [2.75, 3.05) is 13.2 Å². The molecule has 3 N–H and O–H groups in total. The van der Waals surface area contributed by atoms with Crippen LogP contribution in [0.3, 0.4) is 0 Å². The molecular weight excluding hydrogens is 256 g/mol. The van der Waals surface area contributed by atoms with Gasteiger partial charge < -0.3 is 20.5 Å². The number of hydrogen-bond donors (Lipinski definition) is 2. The van der Waals surface area contributed by atoms with E-state index in [2.05, 4.69) is 5.32 Å². The van der Waals surface area contributed by atoms with E-state index in [1.807, 2.05) is 6.92 Å². The van der Waals surface area contributed by atoms with E-state index >= 15 is 0 Å². The van der Waals surface area contributed by atoms with E-state index < -0.39 is 0 Å². The van der Waals surface area contributed by atoms with Gasteiger partial charge in [0, 0.05) is 19.2 Å². The predicted octanol–water partition coefficient (Wildman–Crippen LogP) is 1.35. The lowest BCUT2D eigenvalue weighted by atomic mass is 9.94.